The summed E-state index contributed by atoms with van der Waals surface area (Å²) in [5.41, 5.74) is 11.4. The topological polar surface area (TPSA) is 55.7 Å². The number of nitrogens with two attached hydrogens (primary N) is 1. The highest BCUT2D eigenvalue weighted by Gasteiger charge is 2.07. The molecule has 0 aliphatic rings. The Labute approximate surface area is 140 Å². The van der Waals surface area contributed by atoms with Crippen molar-refractivity contribution in [2.24, 2.45) is 4.99 Å². The normalized spacial score (nSPS) is 13.7. The number of halogens is 1. The van der Waals surface area contributed by atoms with Gasteiger partial charge in [-0.05, 0) is 55.3 Å². The second kappa shape index (κ2) is 6.66. The summed E-state index contributed by atoms with van der Waals surface area (Å²) in [7, 11) is 0. The van der Waals surface area contributed by atoms with E-state index in [4.69, 9.17) is 5.73 Å². The van der Waals surface area contributed by atoms with Crippen molar-refractivity contribution in [1.82, 2.24) is 9.38 Å². The first-order chi connectivity index (χ1) is 11.5. The highest BCUT2D eigenvalue weighted by molar-refractivity contribution is 5.84. The summed E-state index contributed by atoms with van der Waals surface area (Å²) in [6.07, 6.45) is 5.91. The summed E-state index contributed by atoms with van der Waals surface area (Å²) >= 11 is 0. The summed E-state index contributed by atoms with van der Waals surface area (Å²) in [5.74, 6) is 0. The Morgan fingerprint density at radius 1 is 1.33 bits per heavy atom. The van der Waals surface area contributed by atoms with E-state index in [9.17, 15) is 4.39 Å². The highest BCUT2D eigenvalue weighted by atomic mass is 19.1. The molecule has 0 saturated heterocycles. The Balaban J connectivity index is 1.97. The van der Waals surface area contributed by atoms with E-state index < -0.39 is 6.30 Å². The van der Waals surface area contributed by atoms with Gasteiger partial charge in [-0.1, -0.05) is 12.1 Å². The van der Waals surface area contributed by atoms with E-state index in [1.54, 1.807) is 6.08 Å². The van der Waals surface area contributed by atoms with Crippen molar-refractivity contribution in [3.8, 4) is 11.3 Å². The SMILES string of the molecule is C/C(=C\C=NC(C)F)c1ccn2c(-c3cccc(N)c3)cnc2c1. The van der Waals surface area contributed by atoms with Gasteiger partial charge in [0.15, 0.2) is 6.30 Å². The molecule has 0 bridgehead atoms. The zero-order chi connectivity index (χ0) is 17.1. The molecular weight excluding hydrogens is 303 g/mol. The number of alkyl halides is 1. The molecule has 2 heterocycles. The summed E-state index contributed by atoms with van der Waals surface area (Å²) in [6, 6.07) is 11.7. The van der Waals surface area contributed by atoms with Crippen LogP contribution in [0.25, 0.3) is 22.5 Å². The van der Waals surface area contributed by atoms with Crippen LogP contribution in [0.1, 0.15) is 19.4 Å². The van der Waals surface area contributed by atoms with Gasteiger partial charge >= 0.3 is 0 Å². The highest BCUT2D eigenvalue weighted by Crippen LogP contribution is 2.24. The Hall–Kier alpha value is -2.95. The van der Waals surface area contributed by atoms with Gasteiger partial charge in [-0.3, -0.25) is 9.39 Å². The lowest BCUT2D eigenvalue weighted by Gasteiger charge is -2.05. The van der Waals surface area contributed by atoms with Gasteiger partial charge in [0.05, 0.1) is 11.9 Å². The fraction of sp³-hybridized carbons (Fsp3) is 0.158. The number of imidazole rings is 1. The molecule has 122 valence electrons. The molecule has 0 aliphatic carbocycles. The number of nitrogens with zero attached hydrogens (tertiary/aromatic N) is 3. The van der Waals surface area contributed by atoms with Crippen LogP contribution in [-0.4, -0.2) is 21.9 Å². The van der Waals surface area contributed by atoms with E-state index in [0.717, 1.165) is 33.7 Å². The predicted octanol–water partition coefficient (Wildman–Crippen LogP) is 4.37. The molecule has 1 unspecified atom stereocenters. The van der Waals surface area contributed by atoms with Crippen LogP contribution in [-0.2, 0) is 0 Å². The van der Waals surface area contributed by atoms with Crippen molar-refractivity contribution in [1.29, 1.82) is 0 Å². The molecule has 1 aromatic carbocycles. The number of rotatable bonds is 4. The zero-order valence-electron chi connectivity index (χ0n) is 13.6. The number of hydrogen-bond acceptors (Lipinski definition) is 3. The van der Waals surface area contributed by atoms with E-state index in [1.807, 2.05) is 60.1 Å². The van der Waals surface area contributed by atoms with Crippen molar-refractivity contribution in [2.45, 2.75) is 20.1 Å². The monoisotopic (exact) mass is 322 g/mol. The Bertz CT molecular complexity index is 922. The molecule has 4 nitrogen and oxygen atoms in total. The van der Waals surface area contributed by atoms with Gasteiger partial charge in [0.25, 0.3) is 0 Å². The molecule has 3 rings (SSSR count). The largest absolute Gasteiger partial charge is 0.399 e. The number of hydrogen-bond donors (Lipinski definition) is 1. The summed E-state index contributed by atoms with van der Waals surface area (Å²) in [6.45, 7) is 3.36. The first-order valence-electron chi connectivity index (χ1n) is 7.72. The second-order valence-corrected chi connectivity index (χ2v) is 5.63. The molecule has 2 N–H and O–H groups in total. The number of anilines is 1. The van der Waals surface area contributed by atoms with Crippen molar-refractivity contribution in [3.63, 3.8) is 0 Å². The Morgan fingerprint density at radius 2 is 2.17 bits per heavy atom. The van der Waals surface area contributed by atoms with Gasteiger partial charge in [-0.15, -0.1) is 0 Å². The van der Waals surface area contributed by atoms with Gasteiger partial charge in [0.1, 0.15) is 5.65 Å². The third kappa shape index (κ3) is 3.35. The fourth-order valence-electron chi connectivity index (χ4n) is 2.51. The molecule has 0 saturated carbocycles. The van der Waals surface area contributed by atoms with E-state index in [0.29, 0.717) is 0 Å². The van der Waals surface area contributed by atoms with Crippen LogP contribution in [0.5, 0.6) is 0 Å². The molecule has 0 amide bonds. The Morgan fingerprint density at radius 3 is 2.92 bits per heavy atom. The van der Waals surface area contributed by atoms with Crippen molar-refractivity contribution in [2.75, 3.05) is 5.73 Å². The Kier molecular flexibility index (Phi) is 4.42. The molecule has 5 heteroatoms. The molecule has 0 fully saturated rings. The lowest BCUT2D eigenvalue weighted by atomic mass is 10.1. The average molecular weight is 322 g/mol. The van der Waals surface area contributed by atoms with Crippen LogP contribution in [0, 0.1) is 0 Å². The first kappa shape index (κ1) is 15.9. The quantitative estimate of drug-likeness (QED) is 0.440. The molecule has 0 radical (unpaired) electrons. The van der Waals surface area contributed by atoms with Gasteiger partial charge in [-0.2, -0.15) is 0 Å². The molecule has 2 aromatic heterocycles. The lowest BCUT2D eigenvalue weighted by Crippen LogP contribution is -1.92. The van der Waals surface area contributed by atoms with Crippen molar-refractivity contribution >= 4 is 23.1 Å². The van der Waals surface area contributed by atoms with Crippen LogP contribution < -0.4 is 5.73 Å². The van der Waals surface area contributed by atoms with Gasteiger partial charge in [0, 0.05) is 23.7 Å². The van der Waals surface area contributed by atoms with E-state index in [1.165, 1.54) is 13.1 Å². The minimum atomic E-state index is -1.19. The number of fused-ring (bicyclic) bond motifs is 1. The zero-order valence-corrected chi connectivity index (χ0v) is 13.6. The van der Waals surface area contributed by atoms with E-state index in [2.05, 4.69) is 9.98 Å². The van der Waals surface area contributed by atoms with Gasteiger partial charge < -0.3 is 5.73 Å². The second-order valence-electron chi connectivity index (χ2n) is 5.63. The molecule has 0 aliphatic heterocycles. The minimum Gasteiger partial charge on any atom is -0.399 e. The third-order valence-corrected chi connectivity index (χ3v) is 3.77. The van der Waals surface area contributed by atoms with Crippen molar-refractivity contribution in [3.05, 3.63) is 60.4 Å². The molecule has 1 atom stereocenters. The maximum atomic E-state index is 12.7. The van der Waals surface area contributed by atoms with Crippen LogP contribution >= 0.6 is 0 Å². The molecule has 0 spiro atoms. The standard InChI is InChI=1S/C19H19FN4/c1-13(6-8-22-14(2)20)15-7-9-24-18(12-23-19(24)11-15)16-4-3-5-17(21)10-16/h3-12,14H,21H2,1-2H3/b13-6+,22-8?. The molecular formula is C19H19FN4. The summed E-state index contributed by atoms with van der Waals surface area (Å²) in [4.78, 5) is 8.18. The van der Waals surface area contributed by atoms with Crippen LogP contribution in [0.4, 0.5) is 10.1 Å². The van der Waals surface area contributed by atoms with E-state index >= 15 is 0 Å². The summed E-state index contributed by atoms with van der Waals surface area (Å²) in [5, 5.41) is 0. The number of pyridine rings is 1. The number of aromatic nitrogens is 2. The third-order valence-electron chi connectivity index (χ3n) is 3.77. The van der Waals surface area contributed by atoms with E-state index in [-0.39, 0.29) is 0 Å². The average Bonchev–Trinajstić information content (AvgIpc) is 2.97. The maximum Gasteiger partial charge on any atom is 0.187 e. The number of allylic oxidation sites excluding steroid dienone is 2. The smallest absolute Gasteiger partial charge is 0.187 e. The summed E-state index contributed by atoms with van der Waals surface area (Å²) < 4.78 is 14.7. The van der Waals surface area contributed by atoms with Crippen molar-refractivity contribution < 1.29 is 4.39 Å². The minimum absolute atomic E-state index is 0.722. The maximum absolute atomic E-state index is 12.7. The van der Waals surface area contributed by atoms with Crippen LogP contribution in [0.15, 0.2) is 59.9 Å². The molecule has 3 aromatic rings. The lowest BCUT2D eigenvalue weighted by molar-refractivity contribution is 0.378. The number of aliphatic imine (C=N–C) groups is 1. The van der Waals surface area contributed by atoms with Crippen LogP contribution in [0.2, 0.25) is 0 Å². The van der Waals surface area contributed by atoms with Gasteiger partial charge in [0.2, 0.25) is 0 Å². The molecule has 24 heavy (non-hydrogen) atoms. The predicted molar refractivity (Wildman–Crippen MR) is 97.8 cm³/mol. The van der Waals surface area contributed by atoms with Gasteiger partial charge in [-0.25, -0.2) is 9.37 Å². The number of nitrogen functional groups attached to an aromatic ring is 1. The first-order valence-corrected chi connectivity index (χ1v) is 7.72. The fourth-order valence-corrected chi connectivity index (χ4v) is 2.51. The number of benzene rings is 1. The van der Waals surface area contributed by atoms with Crippen LogP contribution in [0.3, 0.4) is 0 Å².